The zero-order chi connectivity index (χ0) is 14.1. The highest BCUT2D eigenvalue weighted by Gasteiger charge is 2.30. The van der Waals surface area contributed by atoms with Crippen molar-refractivity contribution in [1.29, 1.82) is 0 Å². The molecule has 1 aromatic carbocycles. The van der Waals surface area contributed by atoms with Crippen LogP contribution in [0.25, 0.3) is 0 Å². The fourth-order valence-corrected chi connectivity index (χ4v) is 2.84. The van der Waals surface area contributed by atoms with E-state index in [1.165, 1.54) is 5.56 Å². The largest absolute Gasteiger partial charge is 0.381 e. The Bertz CT molecular complexity index is 604. The smallest absolute Gasteiger partial charge is 0.132 e. The minimum Gasteiger partial charge on any atom is -0.381 e. The van der Waals surface area contributed by atoms with E-state index in [4.69, 9.17) is 23.2 Å². The number of nitrogens with zero attached hydrogens (tertiary/aromatic N) is 1. The maximum Gasteiger partial charge on any atom is 0.132 e. The Morgan fingerprint density at radius 2 is 1.85 bits per heavy atom. The highest BCUT2D eigenvalue weighted by Crippen LogP contribution is 2.38. The van der Waals surface area contributed by atoms with Gasteiger partial charge in [0.25, 0.3) is 0 Å². The van der Waals surface area contributed by atoms with Gasteiger partial charge in [0.2, 0.25) is 0 Å². The number of aromatic nitrogens is 1. The van der Waals surface area contributed by atoms with Crippen LogP contribution in [0, 0.1) is 6.92 Å². The van der Waals surface area contributed by atoms with Gasteiger partial charge < -0.3 is 5.32 Å². The summed E-state index contributed by atoms with van der Waals surface area (Å²) in [6.45, 7) is 1.97. The van der Waals surface area contributed by atoms with Crippen molar-refractivity contribution >= 4 is 28.9 Å². The number of anilines is 1. The van der Waals surface area contributed by atoms with Crippen LogP contribution in [0.5, 0.6) is 0 Å². The van der Waals surface area contributed by atoms with Crippen LogP contribution in [0.2, 0.25) is 10.2 Å². The third-order valence-electron chi connectivity index (χ3n) is 3.86. The summed E-state index contributed by atoms with van der Waals surface area (Å²) >= 11 is 11.8. The van der Waals surface area contributed by atoms with Crippen LogP contribution >= 0.6 is 23.2 Å². The fraction of sp³-hybridized carbons (Fsp3) is 0.312. The summed E-state index contributed by atoms with van der Waals surface area (Å²) < 4.78 is 0. The topological polar surface area (TPSA) is 24.9 Å². The van der Waals surface area contributed by atoms with Gasteiger partial charge in [-0.3, -0.25) is 0 Å². The Morgan fingerprint density at radius 1 is 1.15 bits per heavy atom. The first kappa shape index (κ1) is 13.7. The molecule has 2 nitrogen and oxygen atoms in total. The lowest BCUT2D eigenvalue weighted by molar-refractivity contribution is 0.374. The Hall–Kier alpha value is -1.25. The fourth-order valence-electron chi connectivity index (χ4n) is 2.62. The predicted octanol–water partition coefficient (Wildman–Crippen LogP) is 5.05. The van der Waals surface area contributed by atoms with E-state index in [-0.39, 0.29) is 0 Å². The van der Waals surface area contributed by atoms with Gasteiger partial charge in [-0.05, 0) is 55.0 Å². The second-order valence-corrected chi connectivity index (χ2v) is 6.19. The van der Waals surface area contributed by atoms with Gasteiger partial charge in [-0.15, -0.1) is 0 Å². The molecule has 2 aromatic rings. The Labute approximate surface area is 129 Å². The summed E-state index contributed by atoms with van der Waals surface area (Å²) in [5.74, 6) is 0.631. The van der Waals surface area contributed by atoms with Gasteiger partial charge in [-0.25, -0.2) is 4.98 Å². The van der Waals surface area contributed by atoms with Gasteiger partial charge in [0.1, 0.15) is 5.15 Å². The molecular weight excluding hydrogens is 291 g/mol. The SMILES string of the molecule is Cc1cc(NC2CC(c3ccc(Cl)cc3)C2)cnc1Cl. The van der Waals surface area contributed by atoms with E-state index in [0.717, 1.165) is 29.1 Å². The van der Waals surface area contributed by atoms with Crippen LogP contribution in [-0.2, 0) is 0 Å². The van der Waals surface area contributed by atoms with Crippen molar-refractivity contribution in [2.24, 2.45) is 0 Å². The lowest BCUT2D eigenvalue weighted by atomic mass is 9.76. The summed E-state index contributed by atoms with van der Waals surface area (Å²) in [5, 5.41) is 4.88. The molecule has 3 rings (SSSR count). The van der Waals surface area contributed by atoms with Crippen LogP contribution < -0.4 is 5.32 Å². The number of aryl methyl sites for hydroxylation is 1. The molecule has 20 heavy (non-hydrogen) atoms. The second-order valence-electron chi connectivity index (χ2n) is 5.39. The number of benzene rings is 1. The van der Waals surface area contributed by atoms with Crippen LogP contribution in [0.3, 0.4) is 0 Å². The summed E-state index contributed by atoms with van der Waals surface area (Å²) in [6.07, 6.45) is 4.08. The van der Waals surface area contributed by atoms with E-state index in [1.54, 1.807) is 6.20 Å². The lowest BCUT2D eigenvalue weighted by Gasteiger charge is -2.37. The third-order valence-corrected chi connectivity index (χ3v) is 4.51. The Balaban J connectivity index is 1.58. The third kappa shape index (κ3) is 2.92. The van der Waals surface area contributed by atoms with Crippen molar-refractivity contribution in [3.8, 4) is 0 Å². The molecule has 0 aliphatic heterocycles. The molecule has 1 fully saturated rings. The Kier molecular flexibility index (Phi) is 3.86. The molecule has 1 aliphatic rings. The zero-order valence-electron chi connectivity index (χ0n) is 11.2. The van der Waals surface area contributed by atoms with Gasteiger partial charge in [0.05, 0.1) is 11.9 Å². The highest BCUT2D eigenvalue weighted by molar-refractivity contribution is 6.30. The average molecular weight is 307 g/mol. The molecule has 1 heterocycles. The van der Waals surface area contributed by atoms with Gasteiger partial charge in [0, 0.05) is 11.1 Å². The van der Waals surface area contributed by atoms with Crippen molar-refractivity contribution in [3.63, 3.8) is 0 Å². The van der Waals surface area contributed by atoms with E-state index < -0.39 is 0 Å². The molecule has 0 atom stereocenters. The second kappa shape index (κ2) is 5.63. The van der Waals surface area contributed by atoms with Crippen molar-refractivity contribution in [2.75, 3.05) is 5.32 Å². The molecule has 0 bridgehead atoms. The van der Waals surface area contributed by atoms with Crippen molar-refractivity contribution in [2.45, 2.75) is 31.7 Å². The molecule has 0 amide bonds. The minimum atomic E-state index is 0.512. The van der Waals surface area contributed by atoms with Crippen molar-refractivity contribution in [3.05, 3.63) is 57.8 Å². The maximum absolute atomic E-state index is 5.93. The van der Waals surface area contributed by atoms with Crippen LogP contribution in [-0.4, -0.2) is 11.0 Å². The standard InChI is InChI=1S/C16H16Cl2N2/c1-10-6-15(9-19-16(10)18)20-14-7-12(8-14)11-2-4-13(17)5-3-11/h2-6,9,12,14,20H,7-8H2,1H3. The Morgan fingerprint density at radius 3 is 2.50 bits per heavy atom. The van der Waals surface area contributed by atoms with Crippen LogP contribution in [0.15, 0.2) is 36.5 Å². The van der Waals surface area contributed by atoms with E-state index in [2.05, 4.69) is 22.4 Å². The minimum absolute atomic E-state index is 0.512. The normalized spacial score (nSPS) is 21.4. The van der Waals surface area contributed by atoms with E-state index >= 15 is 0 Å². The number of hydrogen-bond acceptors (Lipinski definition) is 2. The molecular formula is C16H16Cl2N2. The molecule has 1 N–H and O–H groups in total. The van der Waals surface area contributed by atoms with Crippen LogP contribution in [0.1, 0.15) is 29.9 Å². The molecule has 0 saturated heterocycles. The number of halogens is 2. The van der Waals surface area contributed by atoms with E-state index in [9.17, 15) is 0 Å². The van der Waals surface area contributed by atoms with Gasteiger partial charge in [0.15, 0.2) is 0 Å². The quantitative estimate of drug-likeness (QED) is 0.802. The number of pyridine rings is 1. The molecule has 1 aromatic heterocycles. The first-order valence-corrected chi connectivity index (χ1v) is 7.51. The monoisotopic (exact) mass is 306 g/mol. The molecule has 0 spiro atoms. The van der Waals surface area contributed by atoms with E-state index in [1.807, 2.05) is 25.1 Å². The summed E-state index contributed by atoms with van der Waals surface area (Å²) in [4.78, 5) is 4.17. The van der Waals surface area contributed by atoms with Gasteiger partial charge in [-0.1, -0.05) is 35.3 Å². The van der Waals surface area contributed by atoms with Crippen molar-refractivity contribution < 1.29 is 0 Å². The number of nitrogens with one attached hydrogen (secondary N) is 1. The van der Waals surface area contributed by atoms with E-state index in [0.29, 0.717) is 17.1 Å². The first-order valence-electron chi connectivity index (χ1n) is 6.76. The molecule has 0 radical (unpaired) electrons. The zero-order valence-corrected chi connectivity index (χ0v) is 12.7. The maximum atomic E-state index is 5.93. The van der Waals surface area contributed by atoms with Crippen molar-refractivity contribution in [1.82, 2.24) is 4.98 Å². The molecule has 1 aliphatic carbocycles. The number of hydrogen-bond donors (Lipinski definition) is 1. The highest BCUT2D eigenvalue weighted by atomic mass is 35.5. The predicted molar refractivity (Wildman–Crippen MR) is 84.8 cm³/mol. The van der Waals surface area contributed by atoms with Gasteiger partial charge >= 0.3 is 0 Å². The summed E-state index contributed by atoms with van der Waals surface area (Å²) in [7, 11) is 0. The van der Waals surface area contributed by atoms with Crippen LogP contribution in [0.4, 0.5) is 5.69 Å². The molecule has 1 saturated carbocycles. The molecule has 0 unspecified atom stereocenters. The molecule has 4 heteroatoms. The molecule has 104 valence electrons. The number of rotatable bonds is 3. The summed E-state index contributed by atoms with van der Waals surface area (Å²) in [6, 6.07) is 10.7. The van der Waals surface area contributed by atoms with Gasteiger partial charge in [-0.2, -0.15) is 0 Å². The average Bonchev–Trinajstić information content (AvgIpc) is 2.39. The first-order chi connectivity index (χ1) is 9.61. The lowest BCUT2D eigenvalue weighted by Crippen LogP contribution is -2.34. The summed E-state index contributed by atoms with van der Waals surface area (Å²) in [5.41, 5.74) is 3.43.